The monoisotopic (exact) mass is 382 g/mol. The minimum atomic E-state index is -0.993. The molecule has 2 aromatic carbocycles. The summed E-state index contributed by atoms with van der Waals surface area (Å²) in [6, 6.07) is 8.48. The Morgan fingerprint density at radius 3 is 2.42 bits per heavy atom. The van der Waals surface area contributed by atoms with Crippen molar-refractivity contribution >= 4 is 53.2 Å². The van der Waals surface area contributed by atoms with Gasteiger partial charge in [0.1, 0.15) is 0 Å². The van der Waals surface area contributed by atoms with Crippen LogP contribution in [0.25, 0.3) is 0 Å². The highest BCUT2D eigenvalue weighted by atomic mass is 35.5. The average Bonchev–Trinajstić information content (AvgIpc) is 2.67. The van der Waals surface area contributed by atoms with Crippen molar-refractivity contribution in [2.24, 2.45) is 0 Å². The molecule has 0 amide bonds. The number of hydrogen-bond donors (Lipinski definition) is 1. The standard InChI is InChI=1S/C17H14BCl3O3/c1-17(2)11-4-3-9(5-12(11)18(23)24-17)6-15(22)16-13(20)7-10(19)8-14(16)21/h3-5,7-8,23H,6H2,1-2H3. The summed E-state index contributed by atoms with van der Waals surface area (Å²) in [6.07, 6.45) is 0.113. The Morgan fingerprint density at radius 1 is 1.17 bits per heavy atom. The molecule has 3 rings (SSSR count). The number of ketones is 1. The predicted octanol–water partition coefficient (Wildman–Crippen LogP) is 4.03. The summed E-state index contributed by atoms with van der Waals surface area (Å²) in [7, 11) is -0.993. The predicted molar refractivity (Wildman–Crippen MR) is 97.7 cm³/mol. The molecule has 0 saturated heterocycles. The minimum absolute atomic E-state index is 0.113. The molecule has 0 aromatic heterocycles. The fourth-order valence-corrected chi connectivity index (χ4v) is 3.99. The van der Waals surface area contributed by atoms with Crippen molar-refractivity contribution in [3.05, 3.63) is 62.1 Å². The lowest BCUT2D eigenvalue weighted by molar-refractivity contribution is 0.0991. The van der Waals surface area contributed by atoms with Crippen molar-refractivity contribution in [2.45, 2.75) is 25.9 Å². The lowest BCUT2D eigenvalue weighted by atomic mass is 9.77. The summed E-state index contributed by atoms with van der Waals surface area (Å²) in [5, 5.41) is 10.9. The Labute approximate surface area is 155 Å². The Kier molecular flexibility index (Phi) is 4.71. The summed E-state index contributed by atoms with van der Waals surface area (Å²) in [4.78, 5) is 12.6. The van der Waals surface area contributed by atoms with E-state index in [0.717, 1.165) is 11.1 Å². The third kappa shape index (κ3) is 3.22. The van der Waals surface area contributed by atoms with Gasteiger partial charge in [-0.05, 0) is 42.6 Å². The zero-order valence-electron chi connectivity index (χ0n) is 13.1. The van der Waals surface area contributed by atoms with Crippen LogP contribution >= 0.6 is 34.8 Å². The van der Waals surface area contributed by atoms with Crippen molar-refractivity contribution in [1.82, 2.24) is 0 Å². The zero-order chi connectivity index (χ0) is 17.6. The van der Waals surface area contributed by atoms with Crippen LogP contribution in [0.15, 0.2) is 30.3 Å². The van der Waals surface area contributed by atoms with E-state index in [9.17, 15) is 9.82 Å². The third-order valence-corrected chi connectivity index (χ3v) is 4.90. The van der Waals surface area contributed by atoms with Gasteiger partial charge in [0.05, 0.1) is 21.2 Å². The highest BCUT2D eigenvalue weighted by Gasteiger charge is 2.40. The average molecular weight is 383 g/mol. The Morgan fingerprint density at radius 2 is 1.79 bits per heavy atom. The van der Waals surface area contributed by atoms with Crippen LogP contribution in [0.2, 0.25) is 15.1 Å². The number of fused-ring (bicyclic) bond motifs is 1. The van der Waals surface area contributed by atoms with Gasteiger partial charge in [0.2, 0.25) is 0 Å². The van der Waals surface area contributed by atoms with Gasteiger partial charge in [-0.25, -0.2) is 0 Å². The number of Topliss-reactive ketones (excluding diaryl/α,β-unsaturated/α-hetero) is 1. The van der Waals surface area contributed by atoms with E-state index in [1.165, 1.54) is 12.1 Å². The van der Waals surface area contributed by atoms with E-state index < -0.39 is 12.7 Å². The quantitative estimate of drug-likeness (QED) is 0.643. The summed E-state index contributed by atoms with van der Waals surface area (Å²) >= 11 is 18.1. The molecule has 124 valence electrons. The van der Waals surface area contributed by atoms with Crippen molar-refractivity contribution < 1.29 is 14.5 Å². The molecule has 3 nitrogen and oxygen atoms in total. The van der Waals surface area contributed by atoms with Gasteiger partial charge in [-0.1, -0.05) is 53.0 Å². The molecule has 24 heavy (non-hydrogen) atoms. The zero-order valence-corrected chi connectivity index (χ0v) is 15.3. The van der Waals surface area contributed by atoms with E-state index in [4.69, 9.17) is 39.5 Å². The van der Waals surface area contributed by atoms with Crippen LogP contribution in [-0.2, 0) is 16.7 Å². The topological polar surface area (TPSA) is 46.5 Å². The Balaban J connectivity index is 1.91. The molecular formula is C17H14BCl3O3. The Bertz CT molecular complexity index is 813. The van der Waals surface area contributed by atoms with Gasteiger partial charge in [0.15, 0.2) is 5.78 Å². The normalized spacial score (nSPS) is 15.5. The number of halogens is 3. The van der Waals surface area contributed by atoms with Crippen LogP contribution in [0, 0.1) is 0 Å². The van der Waals surface area contributed by atoms with E-state index in [0.29, 0.717) is 10.5 Å². The molecule has 1 heterocycles. The van der Waals surface area contributed by atoms with Crippen LogP contribution in [0.4, 0.5) is 0 Å². The lowest BCUT2D eigenvalue weighted by Crippen LogP contribution is -2.29. The summed E-state index contributed by atoms with van der Waals surface area (Å²) in [5.41, 5.74) is 2.04. The molecule has 0 unspecified atom stereocenters. The highest BCUT2D eigenvalue weighted by Crippen LogP contribution is 2.32. The second-order valence-corrected chi connectivity index (χ2v) is 7.50. The minimum Gasteiger partial charge on any atom is -0.423 e. The molecule has 7 heteroatoms. The number of rotatable bonds is 3. The van der Waals surface area contributed by atoms with E-state index in [-0.39, 0.29) is 27.8 Å². The number of carbonyl (C=O) groups excluding carboxylic acids is 1. The van der Waals surface area contributed by atoms with Crippen LogP contribution in [0.3, 0.4) is 0 Å². The van der Waals surface area contributed by atoms with Crippen molar-refractivity contribution in [1.29, 1.82) is 0 Å². The molecule has 0 aliphatic carbocycles. The number of carbonyl (C=O) groups is 1. The molecule has 0 spiro atoms. The Hall–Kier alpha value is -1.04. The molecule has 1 N–H and O–H groups in total. The van der Waals surface area contributed by atoms with E-state index in [2.05, 4.69) is 0 Å². The van der Waals surface area contributed by atoms with Crippen LogP contribution < -0.4 is 5.46 Å². The van der Waals surface area contributed by atoms with Crippen LogP contribution in [-0.4, -0.2) is 17.9 Å². The van der Waals surface area contributed by atoms with E-state index in [1.54, 1.807) is 6.07 Å². The van der Waals surface area contributed by atoms with Gasteiger partial charge >= 0.3 is 7.12 Å². The molecule has 0 saturated carbocycles. The van der Waals surface area contributed by atoms with Crippen molar-refractivity contribution in [2.75, 3.05) is 0 Å². The largest absolute Gasteiger partial charge is 0.492 e. The van der Waals surface area contributed by atoms with Gasteiger partial charge < -0.3 is 9.68 Å². The van der Waals surface area contributed by atoms with Crippen molar-refractivity contribution in [3.8, 4) is 0 Å². The smallest absolute Gasteiger partial charge is 0.423 e. The lowest BCUT2D eigenvalue weighted by Gasteiger charge is -2.19. The molecule has 0 radical (unpaired) electrons. The molecule has 1 aliphatic rings. The van der Waals surface area contributed by atoms with E-state index in [1.807, 2.05) is 26.0 Å². The number of hydrogen-bond acceptors (Lipinski definition) is 3. The van der Waals surface area contributed by atoms with Gasteiger partial charge in [0.25, 0.3) is 0 Å². The molecular weight excluding hydrogens is 369 g/mol. The summed E-state index contributed by atoms with van der Waals surface area (Å²) in [6.45, 7) is 3.78. The van der Waals surface area contributed by atoms with Gasteiger partial charge in [-0.15, -0.1) is 0 Å². The molecule has 0 fully saturated rings. The third-order valence-electron chi connectivity index (χ3n) is 4.09. The number of benzene rings is 2. The second kappa shape index (κ2) is 6.36. The first-order valence-corrected chi connectivity index (χ1v) is 8.49. The molecule has 2 aromatic rings. The fourth-order valence-electron chi connectivity index (χ4n) is 2.96. The molecule has 1 aliphatic heterocycles. The molecule has 0 atom stereocenters. The maximum atomic E-state index is 12.6. The SMILES string of the molecule is CC1(C)OB(O)c2cc(CC(=O)c3c(Cl)cc(Cl)cc3Cl)ccc21. The molecule has 0 bridgehead atoms. The van der Waals surface area contributed by atoms with Crippen molar-refractivity contribution in [3.63, 3.8) is 0 Å². The highest BCUT2D eigenvalue weighted by molar-refractivity contribution is 6.62. The van der Waals surface area contributed by atoms with E-state index >= 15 is 0 Å². The van der Waals surface area contributed by atoms with Gasteiger partial charge in [-0.2, -0.15) is 0 Å². The van der Waals surface area contributed by atoms with Crippen LogP contribution in [0.5, 0.6) is 0 Å². The maximum absolute atomic E-state index is 12.6. The summed E-state index contributed by atoms with van der Waals surface area (Å²) in [5.74, 6) is -0.214. The van der Waals surface area contributed by atoms with Crippen LogP contribution in [0.1, 0.15) is 35.3 Å². The first-order valence-electron chi connectivity index (χ1n) is 7.36. The fraction of sp³-hybridized carbons (Fsp3) is 0.235. The maximum Gasteiger partial charge on any atom is 0.492 e. The van der Waals surface area contributed by atoms with Gasteiger partial charge in [0, 0.05) is 11.4 Å². The summed E-state index contributed by atoms with van der Waals surface area (Å²) < 4.78 is 5.53. The second-order valence-electron chi connectivity index (χ2n) is 6.25. The van der Waals surface area contributed by atoms with Gasteiger partial charge in [-0.3, -0.25) is 4.79 Å². The first-order chi connectivity index (χ1) is 11.2. The first kappa shape index (κ1) is 17.8.